The van der Waals surface area contributed by atoms with Gasteiger partial charge in [-0.15, -0.1) is 0 Å². The standard InChI is InChI=1S/C22H19NO5/c1-26-20-10-6-5-9-19(20)23-21(24)15-27-22(25)16-11-13-18(14-12-16)28-17-7-3-2-4-8-17/h2-14H,15H2,1H3,(H,23,24). The van der Waals surface area contributed by atoms with Gasteiger partial charge in [0, 0.05) is 0 Å². The van der Waals surface area contributed by atoms with Gasteiger partial charge in [-0.25, -0.2) is 4.79 Å². The van der Waals surface area contributed by atoms with Gasteiger partial charge >= 0.3 is 5.97 Å². The summed E-state index contributed by atoms with van der Waals surface area (Å²) in [7, 11) is 1.51. The molecule has 28 heavy (non-hydrogen) atoms. The number of nitrogens with one attached hydrogen (secondary N) is 1. The third-order valence-corrected chi connectivity index (χ3v) is 3.78. The Bertz CT molecular complexity index is 939. The third kappa shape index (κ3) is 5.11. The molecule has 0 heterocycles. The summed E-state index contributed by atoms with van der Waals surface area (Å²) in [5.41, 5.74) is 0.832. The van der Waals surface area contributed by atoms with Crippen LogP contribution < -0.4 is 14.8 Å². The molecule has 0 aromatic heterocycles. The Labute approximate surface area is 162 Å². The molecule has 1 N–H and O–H groups in total. The number of amides is 1. The van der Waals surface area contributed by atoms with Crippen LogP contribution in [0.25, 0.3) is 0 Å². The van der Waals surface area contributed by atoms with E-state index >= 15 is 0 Å². The second-order valence-electron chi connectivity index (χ2n) is 5.76. The fourth-order valence-corrected chi connectivity index (χ4v) is 2.43. The maximum Gasteiger partial charge on any atom is 0.338 e. The van der Waals surface area contributed by atoms with Crippen LogP contribution in [-0.2, 0) is 9.53 Å². The van der Waals surface area contributed by atoms with Crippen LogP contribution in [0, 0.1) is 0 Å². The number of carbonyl (C=O) groups excluding carboxylic acids is 2. The highest BCUT2D eigenvalue weighted by atomic mass is 16.5. The molecule has 3 aromatic carbocycles. The van der Waals surface area contributed by atoms with E-state index < -0.39 is 18.5 Å². The van der Waals surface area contributed by atoms with Gasteiger partial charge in [-0.1, -0.05) is 30.3 Å². The third-order valence-electron chi connectivity index (χ3n) is 3.78. The van der Waals surface area contributed by atoms with E-state index in [-0.39, 0.29) is 0 Å². The normalized spacial score (nSPS) is 10.0. The summed E-state index contributed by atoms with van der Waals surface area (Å²) in [5.74, 6) is 0.766. The number of anilines is 1. The molecule has 0 aliphatic rings. The first-order chi connectivity index (χ1) is 13.7. The fraction of sp³-hybridized carbons (Fsp3) is 0.0909. The monoisotopic (exact) mass is 377 g/mol. The molecule has 0 fully saturated rings. The number of carbonyl (C=O) groups is 2. The van der Waals surface area contributed by atoms with Crippen molar-refractivity contribution in [3.63, 3.8) is 0 Å². The number of hydrogen-bond acceptors (Lipinski definition) is 5. The summed E-state index contributed by atoms with van der Waals surface area (Å²) in [6.07, 6.45) is 0. The number of ether oxygens (including phenoxy) is 3. The topological polar surface area (TPSA) is 73.9 Å². The van der Waals surface area contributed by atoms with Gasteiger partial charge < -0.3 is 19.5 Å². The highest BCUT2D eigenvalue weighted by molar-refractivity contribution is 5.96. The number of para-hydroxylation sites is 3. The van der Waals surface area contributed by atoms with E-state index in [1.54, 1.807) is 48.5 Å². The number of benzene rings is 3. The van der Waals surface area contributed by atoms with Crippen LogP contribution in [0.1, 0.15) is 10.4 Å². The summed E-state index contributed by atoms with van der Waals surface area (Å²) in [4.78, 5) is 24.1. The number of rotatable bonds is 7. The van der Waals surface area contributed by atoms with Crippen LogP contribution in [0.2, 0.25) is 0 Å². The van der Waals surface area contributed by atoms with Crippen LogP contribution in [0.3, 0.4) is 0 Å². The lowest BCUT2D eigenvalue weighted by molar-refractivity contribution is -0.119. The van der Waals surface area contributed by atoms with E-state index in [0.29, 0.717) is 28.5 Å². The lowest BCUT2D eigenvalue weighted by atomic mass is 10.2. The Morgan fingerprint density at radius 3 is 2.18 bits per heavy atom. The maximum absolute atomic E-state index is 12.1. The van der Waals surface area contributed by atoms with Crippen LogP contribution in [0.4, 0.5) is 5.69 Å². The van der Waals surface area contributed by atoms with Gasteiger partial charge in [0.2, 0.25) is 0 Å². The van der Waals surface area contributed by atoms with Gasteiger partial charge in [0.05, 0.1) is 18.4 Å². The lowest BCUT2D eigenvalue weighted by Crippen LogP contribution is -2.21. The second-order valence-corrected chi connectivity index (χ2v) is 5.76. The average Bonchev–Trinajstić information content (AvgIpc) is 2.74. The largest absolute Gasteiger partial charge is 0.495 e. The summed E-state index contributed by atoms with van der Waals surface area (Å²) in [6, 6.07) is 22.8. The highest BCUT2D eigenvalue weighted by Crippen LogP contribution is 2.23. The van der Waals surface area contributed by atoms with E-state index in [1.165, 1.54) is 7.11 Å². The van der Waals surface area contributed by atoms with Crippen molar-refractivity contribution in [2.24, 2.45) is 0 Å². The number of esters is 1. The molecule has 0 saturated heterocycles. The predicted molar refractivity (Wildman–Crippen MR) is 105 cm³/mol. The van der Waals surface area contributed by atoms with Crippen LogP contribution in [0.5, 0.6) is 17.2 Å². The molecule has 0 saturated carbocycles. The minimum absolute atomic E-state index is 0.325. The Balaban J connectivity index is 1.52. The van der Waals surface area contributed by atoms with E-state index in [4.69, 9.17) is 14.2 Å². The number of hydrogen-bond donors (Lipinski definition) is 1. The van der Waals surface area contributed by atoms with Crippen LogP contribution >= 0.6 is 0 Å². The van der Waals surface area contributed by atoms with Crippen molar-refractivity contribution in [2.75, 3.05) is 19.0 Å². The maximum atomic E-state index is 12.1. The molecule has 6 nitrogen and oxygen atoms in total. The van der Waals surface area contributed by atoms with Crippen molar-refractivity contribution >= 4 is 17.6 Å². The molecule has 1 amide bonds. The molecular formula is C22H19NO5. The van der Waals surface area contributed by atoms with Crippen molar-refractivity contribution < 1.29 is 23.8 Å². The van der Waals surface area contributed by atoms with Gasteiger partial charge in [0.25, 0.3) is 5.91 Å². The first-order valence-electron chi connectivity index (χ1n) is 8.58. The minimum Gasteiger partial charge on any atom is -0.495 e. The Morgan fingerprint density at radius 2 is 1.46 bits per heavy atom. The Hall–Kier alpha value is -3.80. The molecule has 0 radical (unpaired) electrons. The summed E-state index contributed by atoms with van der Waals surface area (Å²) >= 11 is 0. The Morgan fingerprint density at radius 1 is 0.821 bits per heavy atom. The summed E-state index contributed by atoms with van der Waals surface area (Å²) in [5, 5.41) is 2.64. The van der Waals surface area contributed by atoms with Crippen molar-refractivity contribution in [2.45, 2.75) is 0 Å². The first kappa shape index (κ1) is 19.0. The molecule has 0 aliphatic heterocycles. The minimum atomic E-state index is -0.596. The molecule has 0 spiro atoms. The number of methoxy groups -OCH3 is 1. The lowest BCUT2D eigenvalue weighted by Gasteiger charge is -2.10. The van der Waals surface area contributed by atoms with Gasteiger partial charge in [0.15, 0.2) is 6.61 Å². The van der Waals surface area contributed by atoms with E-state index in [0.717, 1.165) is 0 Å². The molecule has 0 aliphatic carbocycles. The smallest absolute Gasteiger partial charge is 0.338 e. The van der Waals surface area contributed by atoms with Crippen molar-refractivity contribution in [3.8, 4) is 17.2 Å². The van der Waals surface area contributed by atoms with Gasteiger partial charge in [0.1, 0.15) is 17.2 Å². The summed E-state index contributed by atoms with van der Waals surface area (Å²) < 4.78 is 15.9. The zero-order chi connectivity index (χ0) is 19.8. The van der Waals surface area contributed by atoms with Crippen molar-refractivity contribution in [1.82, 2.24) is 0 Å². The molecular weight excluding hydrogens is 358 g/mol. The predicted octanol–water partition coefficient (Wildman–Crippen LogP) is 4.28. The molecule has 0 bridgehead atoms. The van der Waals surface area contributed by atoms with E-state index in [1.807, 2.05) is 30.3 Å². The fourth-order valence-electron chi connectivity index (χ4n) is 2.43. The summed E-state index contributed by atoms with van der Waals surface area (Å²) in [6.45, 7) is -0.404. The molecule has 142 valence electrons. The second kappa shape index (κ2) is 9.23. The zero-order valence-corrected chi connectivity index (χ0v) is 15.3. The van der Waals surface area contributed by atoms with Crippen LogP contribution in [-0.4, -0.2) is 25.6 Å². The highest BCUT2D eigenvalue weighted by Gasteiger charge is 2.12. The zero-order valence-electron chi connectivity index (χ0n) is 15.3. The molecule has 0 atom stereocenters. The molecule has 0 unspecified atom stereocenters. The van der Waals surface area contributed by atoms with Crippen LogP contribution in [0.15, 0.2) is 78.9 Å². The van der Waals surface area contributed by atoms with Gasteiger partial charge in [-0.2, -0.15) is 0 Å². The SMILES string of the molecule is COc1ccccc1NC(=O)COC(=O)c1ccc(Oc2ccccc2)cc1. The molecule has 3 rings (SSSR count). The first-order valence-corrected chi connectivity index (χ1v) is 8.58. The van der Waals surface area contributed by atoms with E-state index in [9.17, 15) is 9.59 Å². The average molecular weight is 377 g/mol. The molecule has 3 aromatic rings. The van der Waals surface area contributed by atoms with Gasteiger partial charge in [-0.3, -0.25) is 4.79 Å². The molecule has 6 heteroatoms. The van der Waals surface area contributed by atoms with Gasteiger partial charge in [-0.05, 0) is 48.5 Å². The Kier molecular flexibility index (Phi) is 6.25. The quantitative estimate of drug-likeness (QED) is 0.622. The van der Waals surface area contributed by atoms with Crippen molar-refractivity contribution in [3.05, 3.63) is 84.4 Å². The van der Waals surface area contributed by atoms with Crippen molar-refractivity contribution in [1.29, 1.82) is 0 Å². The van der Waals surface area contributed by atoms with E-state index in [2.05, 4.69) is 5.32 Å².